The lowest BCUT2D eigenvalue weighted by molar-refractivity contribution is 0.175. The Morgan fingerprint density at radius 1 is 1.65 bits per heavy atom. The highest BCUT2D eigenvalue weighted by Gasteiger charge is 2.23. The molecular weight excluding hydrogens is 238 g/mol. The van der Waals surface area contributed by atoms with Crippen LogP contribution in [0.1, 0.15) is 24.6 Å². The first-order chi connectivity index (χ1) is 8.19. The van der Waals surface area contributed by atoms with Crippen LogP contribution in [-0.4, -0.2) is 29.2 Å². The van der Waals surface area contributed by atoms with E-state index in [-0.39, 0.29) is 18.6 Å². The van der Waals surface area contributed by atoms with Gasteiger partial charge >= 0.3 is 0 Å². The average molecular weight is 255 g/mol. The van der Waals surface area contributed by atoms with E-state index in [1.807, 2.05) is 5.38 Å². The van der Waals surface area contributed by atoms with Crippen molar-refractivity contribution in [2.75, 3.05) is 13.2 Å². The summed E-state index contributed by atoms with van der Waals surface area (Å²) in [6.07, 6.45) is 1.92. The van der Waals surface area contributed by atoms with Gasteiger partial charge in [0.05, 0.1) is 11.7 Å². The molecule has 17 heavy (non-hydrogen) atoms. The number of hydrogen-bond donors (Lipinski definition) is 4. The zero-order valence-corrected chi connectivity index (χ0v) is 10.3. The van der Waals surface area contributed by atoms with Crippen molar-refractivity contribution >= 4 is 22.4 Å². The SMILES string of the molecule is NC(N)=Nc1nc(C2CC(CO)CCN2)cs1. The van der Waals surface area contributed by atoms with Crippen LogP contribution in [0.15, 0.2) is 10.4 Å². The summed E-state index contributed by atoms with van der Waals surface area (Å²) in [5, 5.41) is 15.1. The molecule has 1 aliphatic rings. The van der Waals surface area contributed by atoms with Gasteiger partial charge in [0.15, 0.2) is 5.96 Å². The van der Waals surface area contributed by atoms with Gasteiger partial charge < -0.3 is 21.9 Å². The van der Waals surface area contributed by atoms with E-state index in [4.69, 9.17) is 11.5 Å². The predicted molar refractivity (Wildman–Crippen MR) is 68.1 cm³/mol. The van der Waals surface area contributed by atoms with Gasteiger partial charge in [0.2, 0.25) is 5.13 Å². The lowest BCUT2D eigenvalue weighted by Gasteiger charge is -2.28. The van der Waals surface area contributed by atoms with Crippen LogP contribution in [0.5, 0.6) is 0 Å². The summed E-state index contributed by atoms with van der Waals surface area (Å²) in [6, 6.07) is 0.195. The average Bonchev–Trinajstić information content (AvgIpc) is 2.77. The molecule has 1 aromatic heterocycles. The molecule has 6 N–H and O–H groups in total. The van der Waals surface area contributed by atoms with Crippen LogP contribution in [0.2, 0.25) is 0 Å². The van der Waals surface area contributed by atoms with E-state index in [2.05, 4.69) is 15.3 Å². The highest BCUT2D eigenvalue weighted by molar-refractivity contribution is 7.13. The van der Waals surface area contributed by atoms with Gasteiger partial charge in [-0.2, -0.15) is 4.99 Å². The maximum atomic E-state index is 9.18. The van der Waals surface area contributed by atoms with Crippen LogP contribution >= 0.6 is 11.3 Å². The van der Waals surface area contributed by atoms with Crippen LogP contribution in [0, 0.1) is 5.92 Å². The quantitative estimate of drug-likeness (QED) is 0.452. The molecular formula is C10H17N5OS. The van der Waals surface area contributed by atoms with Gasteiger partial charge in [-0.1, -0.05) is 0 Å². The normalized spacial score (nSPS) is 24.5. The Bertz CT molecular complexity index is 401. The molecule has 1 aliphatic heterocycles. The summed E-state index contributed by atoms with van der Waals surface area (Å²) < 4.78 is 0. The molecule has 2 unspecified atom stereocenters. The number of piperidine rings is 1. The Hall–Kier alpha value is -1.18. The van der Waals surface area contributed by atoms with Crippen LogP contribution in [0.4, 0.5) is 5.13 Å². The Labute approximate surface area is 104 Å². The van der Waals surface area contributed by atoms with Gasteiger partial charge in [-0.25, -0.2) is 4.98 Å². The summed E-state index contributed by atoms with van der Waals surface area (Å²) in [4.78, 5) is 8.29. The molecule has 94 valence electrons. The minimum atomic E-state index is 0.0238. The van der Waals surface area contributed by atoms with Crippen molar-refractivity contribution in [2.24, 2.45) is 22.4 Å². The molecule has 2 heterocycles. The third kappa shape index (κ3) is 3.15. The molecule has 0 amide bonds. The molecule has 6 nitrogen and oxygen atoms in total. The first kappa shape index (κ1) is 12.3. The van der Waals surface area contributed by atoms with E-state index < -0.39 is 0 Å². The van der Waals surface area contributed by atoms with Crippen molar-refractivity contribution in [3.05, 3.63) is 11.1 Å². The third-order valence-electron chi connectivity index (χ3n) is 2.86. The minimum Gasteiger partial charge on any atom is -0.396 e. The van der Waals surface area contributed by atoms with E-state index in [1.54, 1.807) is 0 Å². The maximum Gasteiger partial charge on any atom is 0.212 e. The Morgan fingerprint density at radius 3 is 3.18 bits per heavy atom. The van der Waals surface area contributed by atoms with Gasteiger partial charge in [-0.15, -0.1) is 11.3 Å². The number of guanidine groups is 1. The molecule has 2 atom stereocenters. The Kier molecular flexibility index (Phi) is 3.93. The van der Waals surface area contributed by atoms with Crippen LogP contribution in [0.3, 0.4) is 0 Å². The van der Waals surface area contributed by atoms with E-state index >= 15 is 0 Å². The summed E-state index contributed by atoms with van der Waals surface area (Å²) in [5.74, 6) is 0.380. The number of nitrogens with one attached hydrogen (secondary N) is 1. The number of aliphatic hydroxyl groups is 1. The highest BCUT2D eigenvalue weighted by atomic mass is 32.1. The Morgan fingerprint density at radius 2 is 2.47 bits per heavy atom. The smallest absolute Gasteiger partial charge is 0.212 e. The molecule has 1 aromatic rings. The molecule has 0 aromatic carbocycles. The van der Waals surface area contributed by atoms with Crippen molar-refractivity contribution in [3.8, 4) is 0 Å². The largest absolute Gasteiger partial charge is 0.396 e. The van der Waals surface area contributed by atoms with Crippen molar-refractivity contribution in [2.45, 2.75) is 18.9 Å². The van der Waals surface area contributed by atoms with Gasteiger partial charge in [0.25, 0.3) is 0 Å². The number of nitrogens with two attached hydrogens (primary N) is 2. The lowest BCUT2D eigenvalue weighted by atomic mass is 9.92. The number of thiazole rings is 1. The van der Waals surface area contributed by atoms with E-state index in [0.717, 1.165) is 25.1 Å². The molecule has 0 saturated carbocycles. The zero-order chi connectivity index (χ0) is 12.3. The van der Waals surface area contributed by atoms with Gasteiger partial charge in [-0.3, -0.25) is 0 Å². The predicted octanol–water partition coefficient (Wildman–Crippen LogP) is 0.0810. The molecule has 1 fully saturated rings. The molecule has 1 saturated heterocycles. The van der Waals surface area contributed by atoms with Crippen molar-refractivity contribution in [1.82, 2.24) is 10.3 Å². The van der Waals surface area contributed by atoms with Gasteiger partial charge in [-0.05, 0) is 25.3 Å². The second-order valence-electron chi connectivity index (χ2n) is 4.17. The summed E-state index contributed by atoms with van der Waals surface area (Å²) in [6.45, 7) is 1.15. The van der Waals surface area contributed by atoms with Gasteiger partial charge in [0.1, 0.15) is 0 Å². The number of hydrogen-bond acceptors (Lipinski definition) is 5. The van der Waals surface area contributed by atoms with Crippen molar-refractivity contribution in [1.29, 1.82) is 0 Å². The fraction of sp³-hybridized carbons (Fsp3) is 0.600. The third-order valence-corrected chi connectivity index (χ3v) is 3.61. The van der Waals surface area contributed by atoms with Gasteiger partial charge in [0, 0.05) is 12.0 Å². The maximum absolute atomic E-state index is 9.18. The standard InChI is InChI=1S/C10H17N5OS/c11-9(12)15-10-14-8(5-17-10)7-3-6(4-16)1-2-13-7/h5-7,13,16H,1-4H2,(H4,11,12,14,15). The van der Waals surface area contributed by atoms with Crippen LogP contribution in [0.25, 0.3) is 0 Å². The molecule has 0 spiro atoms. The summed E-state index contributed by atoms with van der Waals surface area (Å²) in [7, 11) is 0. The molecule has 0 bridgehead atoms. The fourth-order valence-corrected chi connectivity index (χ4v) is 2.74. The monoisotopic (exact) mass is 255 g/mol. The number of aliphatic hydroxyl groups excluding tert-OH is 1. The Balaban J connectivity index is 2.06. The summed E-state index contributed by atoms with van der Waals surface area (Å²) >= 11 is 1.42. The fourth-order valence-electron chi connectivity index (χ4n) is 1.99. The zero-order valence-electron chi connectivity index (χ0n) is 9.47. The van der Waals surface area contributed by atoms with E-state index in [9.17, 15) is 5.11 Å². The highest BCUT2D eigenvalue weighted by Crippen LogP contribution is 2.30. The van der Waals surface area contributed by atoms with E-state index in [1.165, 1.54) is 11.3 Å². The topological polar surface area (TPSA) is 110 Å². The first-order valence-electron chi connectivity index (χ1n) is 5.58. The lowest BCUT2D eigenvalue weighted by Crippen LogP contribution is -2.33. The number of aliphatic imine (C=N–C) groups is 1. The van der Waals surface area contributed by atoms with E-state index in [0.29, 0.717) is 11.0 Å². The second kappa shape index (κ2) is 5.44. The first-order valence-corrected chi connectivity index (χ1v) is 6.46. The number of nitrogens with zero attached hydrogens (tertiary/aromatic N) is 2. The van der Waals surface area contributed by atoms with Crippen LogP contribution in [-0.2, 0) is 0 Å². The molecule has 2 rings (SSSR count). The van der Waals surface area contributed by atoms with Crippen molar-refractivity contribution in [3.63, 3.8) is 0 Å². The molecule has 7 heteroatoms. The summed E-state index contributed by atoms with van der Waals surface area (Å²) in [5.41, 5.74) is 11.6. The van der Waals surface area contributed by atoms with Crippen molar-refractivity contribution < 1.29 is 5.11 Å². The number of aromatic nitrogens is 1. The second-order valence-corrected chi connectivity index (χ2v) is 5.01. The van der Waals surface area contributed by atoms with Crippen LogP contribution < -0.4 is 16.8 Å². The number of rotatable bonds is 3. The minimum absolute atomic E-state index is 0.0238. The molecule has 0 radical (unpaired) electrons. The molecule has 0 aliphatic carbocycles.